The normalized spacial score (nSPS) is 11.6. The Bertz CT molecular complexity index is 823. The van der Waals surface area contributed by atoms with Crippen LogP contribution in [0.15, 0.2) is 46.0 Å². The maximum absolute atomic E-state index is 12.7. The molecule has 5 nitrogen and oxygen atoms in total. The lowest BCUT2D eigenvalue weighted by atomic mass is 10.1. The minimum absolute atomic E-state index is 0.0838. The van der Waals surface area contributed by atoms with Crippen LogP contribution in [-0.4, -0.2) is 24.3 Å². The fourth-order valence-electron chi connectivity index (χ4n) is 1.88. The molecule has 2 N–H and O–H groups in total. The summed E-state index contributed by atoms with van der Waals surface area (Å²) in [4.78, 5) is 11.9. The second kappa shape index (κ2) is 7.56. The van der Waals surface area contributed by atoms with Gasteiger partial charge in [-0.15, -0.1) is 0 Å². The molecule has 132 valence electrons. The summed E-state index contributed by atoms with van der Waals surface area (Å²) in [6, 6.07) is 6.86. The summed E-state index contributed by atoms with van der Waals surface area (Å²) in [5.74, 6) is -0.669. The molecule has 0 atom stereocenters. The van der Waals surface area contributed by atoms with Crippen molar-refractivity contribution in [3.05, 3.63) is 57.6 Å². The van der Waals surface area contributed by atoms with Gasteiger partial charge in [0, 0.05) is 15.6 Å². The molecule has 0 aliphatic carbocycles. The Morgan fingerprint density at radius 2 is 2.04 bits per heavy atom. The van der Waals surface area contributed by atoms with E-state index in [-0.39, 0.29) is 17.1 Å². The molecule has 1 amide bonds. The number of hydrazone groups is 1. The minimum atomic E-state index is -4.53. The molecule has 0 aliphatic heterocycles. The highest BCUT2D eigenvalue weighted by Gasteiger charge is 2.30. The average molecular weight is 417 g/mol. The van der Waals surface area contributed by atoms with Crippen LogP contribution >= 0.6 is 15.9 Å². The van der Waals surface area contributed by atoms with Crippen molar-refractivity contribution in [1.82, 2.24) is 5.43 Å². The number of amides is 1. The second-order valence-electron chi connectivity index (χ2n) is 4.82. The SMILES string of the molecule is COc1cc(/C=N\NC(=O)c2cccc(C(F)(F)F)c2)c(Br)cc1O. The Kier molecular flexibility index (Phi) is 5.68. The van der Waals surface area contributed by atoms with Gasteiger partial charge in [-0.3, -0.25) is 4.79 Å². The number of methoxy groups -OCH3 is 1. The molecular formula is C16H12BrF3N2O3. The van der Waals surface area contributed by atoms with Crippen molar-refractivity contribution in [2.75, 3.05) is 7.11 Å². The van der Waals surface area contributed by atoms with Crippen LogP contribution in [0.5, 0.6) is 11.5 Å². The number of nitrogens with one attached hydrogen (secondary N) is 1. The zero-order chi connectivity index (χ0) is 18.6. The zero-order valence-corrected chi connectivity index (χ0v) is 14.4. The van der Waals surface area contributed by atoms with Gasteiger partial charge in [-0.25, -0.2) is 5.43 Å². The fraction of sp³-hybridized carbons (Fsp3) is 0.125. The number of nitrogens with zero attached hydrogens (tertiary/aromatic N) is 1. The molecule has 2 aromatic carbocycles. The number of alkyl halides is 3. The van der Waals surface area contributed by atoms with E-state index in [1.54, 1.807) is 0 Å². The molecule has 0 saturated heterocycles. The Hall–Kier alpha value is -2.55. The standard InChI is InChI=1S/C16H12BrF3N2O3/c1-25-14-6-10(12(17)7-13(14)23)8-21-22-15(24)9-3-2-4-11(5-9)16(18,19)20/h2-8,23H,1H3,(H,22,24)/b21-8-. The number of carbonyl (C=O) groups is 1. The van der Waals surface area contributed by atoms with Gasteiger partial charge in [-0.1, -0.05) is 6.07 Å². The monoisotopic (exact) mass is 416 g/mol. The van der Waals surface area contributed by atoms with E-state index in [0.717, 1.165) is 18.2 Å². The van der Waals surface area contributed by atoms with E-state index < -0.39 is 17.6 Å². The highest BCUT2D eigenvalue weighted by Crippen LogP contribution is 2.31. The van der Waals surface area contributed by atoms with E-state index in [1.165, 1.54) is 31.5 Å². The number of phenols is 1. The fourth-order valence-corrected chi connectivity index (χ4v) is 2.32. The van der Waals surface area contributed by atoms with Gasteiger partial charge < -0.3 is 9.84 Å². The summed E-state index contributed by atoms with van der Waals surface area (Å²) in [6.45, 7) is 0. The Morgan fingerprint density at radius 1 is 1.32 bits per heavy atom. The van der Waals surface area contributed by atoms with Gasteiger partial charge in [0.05, 0.1) is 18.9 Å². The molecular weight excluding hydrogens is 405 g/mol. The van der Waals surface area contributed by atoms with Crippen molar-refractivity contribution in [2.45, 2.75) is 6.18 Å². The lowest BCUT2D eigenvalue weighted by molar-refractivity contribution is -0.137. The minimum Gasteiger partial charge on any atom is -0.504 e. The molecule has 0 aromatic heterocycles. The summed E-state index contributed by atoms with van der Waals surface area (Å²) < 4.78 is 43.4. The Morgan fingerprint density at radius 3 is 2.68 bits per heavy atom. The number of rotatable bonds is 4. The maximum Gasteiger partial charge on any atom is 0.416 e. The topological polar surface area (TPSA) is 70.9 Å². The quantitative estimate of drug-likeness (QED) is 0.585. The van der Waals surface area contributed by atoms with E-state index in [1.807, 2.05) is 0 Å². The second-order valence-corrected chi connectivity index (χ2v) is 5.68. The van der Waals surface area contributed by atoms with E-state index in [9.17, 15) is 23.1 Å². The van der Waals surface area contributed by atoms with Crippen LogP contribution in [0.1, 0.15) is 21.5 Å². The largest absolute Gasteiger partial charge is 0.504 e. The number of phenolic OH excluding ortho intramolecular Hbond substituents is 1. The van der Waals surface area contributed by atoms with Crippen molar-refractivity contribution >= 4 is 28.1 Å². The molecule has 2 aromatic rings. The van der Waals surface area contributed by atoms with E-state index in [4.69, 9.17) is 4.74 Å². The van der Waals surface area contributed by atoms with Gasteiger partial charge in [0.25, 0.3) is 5.91 Å². The first-order valence-electron chi connectivity index (χ1n) is 6.79. The molecule has 0 radical (unpaired) electrons. The molecule has 0 heterocycles. The lowest BCUT2D eigenvalue weighted by Crippen LogP contribution is -2.18. The number of ether oxygens (including phenoxy) is 1. The summed E-state index contributed by atoms with van der Waals surface area (Å²) in [6.07, 6.45) is -3.27. The number of benzene rings is 2. The first-order valence-corrected chi connectivity index (χ1v) is 7.59. The van der Waals surface area contributed by atoms with E-state index in [0.29, 0.717) is 10.0 Å². The number of hydrogen-bond acceptors (Lipinski definition) is 4. The first kappa shape index (κ1) is 18.8. The van der Waals surface area contributed by atoms with Crippen molar-refractivity contribution in [3.8, 4) is 11.5 Å². The summed E-state index contributed by atoms with van der Waals surface area (Å²) in [5.41, 5.74) is 1.54. The number of halogens is 4. The molecule has 0 saturated carbocycles. The summed E-state index contributed by atoms with van der Waals surface area (Å²) >= 11 is 3.21. The van der Waals surface area contributed by atoms with Crippen LogP contribution in [0.3, 0.4) is 0 Å². The van der Waals surface area contributed by atoms with Crippen LogP contribution in [0.25, 0.3) is 0 Å². The highest BCUT2D eigenvalue weighted by atomic mass is 79.9. The lowest BCUT2D eigenvalue weighted by Gasteiger charge is -2.08. The Labute approximate surface area is 149 Å². The third-order valence-corrected chi connectivity index (χ3v) is 3.81. The molecule has 9 heteroatoms. The van der Waals surface area contributed by atoms with Crippen molar-refractivity contribution in [2.24, 2.45) is 5.10 Å². The molecule has 0 aliphatic rings. The van der Waals surface area contributed by atoms with Gasteiger partial charge in [0.1, 0.15) is 0 Å². The first-order chi connectivity index (χ1) is 11.7. The third-order valence-electron chi connectivity index (χ3n) is 3.12. The van der Waals surface area contributed by atoms with Gasteiger partial charge >= 0.3 is 6.18 Å². The highest BCUT2D eigenvalue weighted by molar-refractivity contribution is 9.10. The molecule has 25 heavy (non-hydrogen) atoms. The van der Waals surface area contributed by atoms with Crippen molar-refractivity contribution < 1.29 is 27.8 Å². The van der Waals surface area contributed by atoms with Crippen molar-refractivity contribution in [1.29, 1.82) is 0 Å². The predicted molar refractivity (Wildman–Crippen MR) is 88.9 cm³/mol. The van der Waals surface area contributed by atoms with Crippen LogP contribution in [-0.2, 0) is 6.18 Å². The van der Waals surface area contributed by atoms with Crippen LogP contribution < -0.4 is 10.2 Å². The zero-order valence-electron chi connectivity index (χ0n) is 12.8. The van der Waals surface area contributed by atoms with Gasteiger partial charge in [-0.05, 0) is 46.3 Å². The van der Waals surface area contributed by atoms with Crippen molar-refractivity contribution in [3.63, 3.8) is 0 Å². The average Bonchev–Trinajstić information content (AvgIpc) is 2.56. The molecule has 0 unspecified atom stereocenters. The van der Waals surface area contributed by atoms with Crippen LogP contribution in [0, 0.1) is 0 Å². The third kappa shape index (κ3) is 4.72. The van der Waals surface area contributed by atoms with E-state index >= 15 is 0 Å². The molecule has 0 fully saturated rings. The smallest absolute Gasteiger partial charge is 0.416 e. The van der Waals surface area contributed by atoms with Crippen LogP contribution in [0.2, 0.25) is 0 Å². The van der Waals surface area contributed by atoms with Crippen LogP contribution in [0.4, 0.5) is 13.2 Å². The van der Waals surface area contributed by atoms with Gasteiger partial charge in [0.15, 0.2) is 11.5 Å². The predicted octanol–water partition coefficient (Wildman–Crippen LogP) is 3.95. The van der Waals surface area contributed by atoms with Gasteiger partial charge in [0.2, 0.25) is 0 Å². The number of aromatic hydroxyl groups is 1. The summed E-state index contributed by atoms with van der Waals surface area (Å²) in [7, 11) is 1.37. The molecule has 0 spiro atoms. The maximum atomic E-state index is 12.7. The van der Waals surface area contributed by atoms with E-state index in [2.05, 4.69) is 26.5 Å². The number of carbonyl (C=O) groups excluding carboxylic acids is 1. The Balaban J connectivity index is 2.14. The summed E-state index contributed by atoms with van der Waals surface area (Å²) in [5, 5.41) is 13.3. The molecule has 0 bridgehead atoms. The molecule has 2 rings (SSSR count). The number of hydrogen-bond donors (Lipinski definition) is 2. The van der Waals surface area contributed by atoms with Gasteiger partial charge in [-0.2, -0.15) is 18.3 Å².